The minimum Gasteiger partial charge on any atom is -0.508 e. The van der Waals surface area contributed by atoms with Crippen LogP contribution in [-0.4, -0.2) is 95.0 Å². The zero-order valence-corrected chi connectivity index (χ0v) is 32.5. The number of fused-ring (bicyclic) bond motifs is 4. The number of hydrogen-bond acceptors (Lipinski definition) is 17. The highest BCUT2D eigenvalue weighted by molar-refractivity contribution is 8.54. The zero-order chi connectivity index (χ0) is 41.6. The molecule has 10 atom stereocenters. The van der Waals surface area contributed by atoms with Gasteiger partial charge in [-0.05, 0) is 53.3 Å². The first kappa shape index (κ1) is 40.9. The number of imidazole rings is 1. The first-order valence-corrected chi connectivity index (χ1v) is 22.1. The highest BCUT2D eigenvalue weighted by Gasteiger charge is 2.55. The van der Waals surface area contributed by atoms with Crippen LogP contribution in [0.5, 0.6) is 5.75 Å². The number of nitrogen functional groups attached to an aromatic ring is 1. The largest absolute Gasteiger partial charge is 0.508 e. The number of halogens is 2. The summed E-state index contributed by atoms with van der Waals surface area (Å²) in [5, 5.41) is 12.2. The summed E-state index contributed by atoms with van der Waals surface area (Å²) in [5.41, 5.74) is 5.49. The maximum absolute atomic E-state index is 16.5. The molecule has 26 heteroatoms. The Morgan fingerprint density at radius 3 is 2.39 bits per heavy atom. The minimum atomic E-state index is -5.27. The van der Waals surface area contributed by atoms with Crippen LogP contribution in [0.2, 0.25) is 0 Å². The third kappa shape index (κ3) is 8.59. The third-order valence-corrected chi connectivity index (χ3v) is 14.0. The summed E-state index contributed by atoms with van der Waals surface area (Å²) in [6.07, 6.45) is -11.8. The van der Waals surface area contributed by atoms with Crippen LogP contribution in [0.15, 0.2) is 83.0 Å². The molecule has 0 aliphatic carbocycles. The lowest BCUT2D eigenvalue weighted by atomic mass is 10.1. The summed E-state index contributed by atoms with van der Waals surface area (Å²) >= 11 is 0.595. The molecule has 0 saturated carbocycles. The maximum atomic E-state index is 16.5. The van der Waals surface area contributed by atoms with Crippen LogP contribution in [0.25, 0.3) is 11.2 Å². The molecule has 6 heterocycles. The molecule has 5 aromatic rings. The molecule has 8 rings (SSSR count). The molecule has 6 N–H and O–H groups in total. The van der Waals surface area contributed by atoms with Crippen LogP contribution >= 0.6 is 26.0 Å². The number of phosphoric ester groups is 1. The summed E-state index contributed by atoms with van der Waals surface area (Å²) < 4.78 is 96.4. The molecule has 3 aliphatic heterocycles. The Labute approximate surface area is 333 Å². The first-order valence-electron chi connectivity index (χ1n) is 17.4. The highest BCUT2D eigenvalue weighted by Crippen LogP contribution is 2.65. The Kier molecular flexibility index (Phi) is 11.3. The molecule has 2 unspecified atom stereocenters. The molecular formula is C33H32F2N8O13P2S. The number of phosphoric acid groups is 1. The Morgan fingerprint density at radius 1 is 0.915 bits per heavy atom. The number of hydrogen-bond donors (Lipinski definition) is 5. The maximum Gasteiger partial charge on any atom is 0.472 e. The standard InChI is InChI=1S/C33H32F2N8O13P2S/c34-23-20-11-51-57(48,49)55-26-21(54-31(24(26)35)42-10-9-22(45)41-33(42)47)12-52-58(50,56-27(23)32(53-20)43-15-39-25-28(36)37-14-38-29(25)43)59-13-16-1-5-18(6-2-16)40-30(46)17-3-7-19(44)8-4-17/h1-10,14-15,20-21,23-24,26-27,31-32,44H,11-13H2,(H,40,46)(H,48,49)(H2,36,37,38)(H,41,45,47)/t20-,21-,23-,24-,26-,27-,31-,32-,58?/m1/s1. The molecule has 1 amide bonds. The van der Waals surface area contributed by atoms with Crippen molar-refractivity contribution in [2.45, 2.75) is 55.0 Å². The SMILES string of the molecule is Nc1ncnc2c1ncn2[C@@H]1O[C@@H]2COP(=O)(O)O[C@H]3[C@@H](F)[C@H](n4ccc(=O)[nH]c4=O)O[C@@H]3COP(=O)(SCc3ccc(NC(=O)c4ccc(O)cc4)cc3)O[C@@H]1[C@@H]2F. The molecule has 2 bridgehead atoms. The van der Waals surface area contributed by atoms with Crippen molar-refractivity contribution in [3.8, 4) is 5.75 Å². The summed E-state index contributed by atoms with van der Waals surface area (Å²) in [5.74, 6) is -0.581. The number of carbonyl (C=O) groups excluding carboxylic acids is 1. The van der Waals surface area contributed by atoms with Gasteiger partial charge in [-0.15, -0.1) is 0 Å². The van der Waals surface area contributed by atoms with Crippen LogP contribution in [0.4, 0.5) is 20.3 Å². The van der Waals surface area contributed by atoms with Crippen molar-refractivity contribution in [3.63, 3.8) is 0 Å². The number of phenols is 1. The number of aromatic nitrogens is 6. The van der Waals surface area contributed by atoms with E-state index in [1.807, 2.05) is 4.98 Å². The van der Waals surface area contributed by atoms with Gasteiger partial charge >= 0.3 is 20.3 Å². The number of nitrogens with two attached hydrogens (primary N) is 1. The fraction of sp³-hybridized carbons (Fsp3) is 0.333. The number of nitrogens with one attached hydrogen (secondary N) is 2. The minimum absolute atomic E-state index is 0.00691. The van der Waals surface area contributed by atoms with E-state index in [0.29, 0.717) is 32.8 Å². The van der Waals surface area contributed by atoms with Gasteiger partial charge in [0, 0.05) is 29.3 Å². The quantitative estimate of drug-likeness (QED) is 0.147. The number of phenolic OH excluding ortho intramolecular Hbond substituents is 1. The van der Waals surface area contributed by atoms with E-state index in [1.165, 1.54) is 35.2 Å². The van der Waals surface area contributed by atoms with Gasteiger partial charge in [0.05, 0.1) is 19.5 Å². The van der Waals surface area contributed by atoms with Crippen molar-refractivity contribution < 1.29 is 60.3 Å². The van der Waals surface area contributed by atoms with Crippen LogP contribution < -0.4 is 22.3 Å². The second kappa shape index (κ2) is 16.3. The Hall–Kier alpha value is -4.87. The van der Waals surface area contributed by atoms with E-state index in [1.54, 1.807) is 24.3 Å². The average molecular weight is 881 g/mol. The van der Waals surface area contributed by atoms with Gasteiger partial charge in [-0.1, -0.05) is 12.1 Å². The van der Waals surface area contributed by atoms with E-state index in [2.05, 4.69) is 20.3 Å². The number of benzene rings is 2. The Bertz CT molecular complexity index is 2590. The summed E-state index contributed by atoms with van der Waals surface area (Å²) in [6, 6.07) is 12.9. The van der Waals surface area contributed by atoms with E-state index >= 15 is 8.78 Å². The number of aromatic hydroxyl groups is 1. The van der Waals surface area contributed by atoms with Gasteiger partial charge in [-0.25, -0.2) is 37.7 Å². The smallest absolute Gasteiger partial charge is 0.472 e. The molecule has 59 heavy (non-hydrogen) atoms. The van der Waals surface area contributed by atoms with E-state index in [-0.39, 0.29) is 28.5 Å². The number of aromatic amines is 1. The highest BCUT2D eigenvalue weighted by atomic mass is 32.7. The average Bonchev–Trinajstić information content (AvgIpc) is 3.86. The van der Waals surface area contributed by atoms with E-state index in [0.717, 1.165) is 18.6 Å². The van der Waals surface area contributed by atoms with E-state index in [9.17, 15) is 33.5 Å². The van der Waals surface area contributed by atoms with Crippen LogP contribution in [0.1, 0.15) is 28.4 Å². The van der Waals surface area contributed by atoms with Crippen LogP contribution in [0.3, 0.4) is 0 Å². The predicted octanol–water partition coefficient (Wildman–Crippen LogP) is 3.35. The number of anilines is 2. The number of amides is 1. The molecule has 21 nitrogen and oxygen atoms in total. The van der Waals surface area contributed by atoms with E-state index in [4.69, 9.17) is 33.3 Å². The number of rotatable bonds is 7. The number of nitrogens with zero attached hydrogens (tertiary/aromatic N) is 5. The van der Waals surface area contributed by atoms with Gasteiger partial charge in [-0.3, -0.25) is 41.8 Å². The summed E-state index contributed by atoms with van der Waals surface area (Å²) in [6.45, 7) is -6.49. The van der Waals surface area contributed by atoms with Crippen LogP contribution in [-0.2, 0) is 42.5 Å². The lowest BCUT2D eigenvalue weighted by molar-refractivity contribution is -0.0620. The fourth-order valence-corrected chi connectivity index (χ4v) is 10.8. The molecule has 312 valence electrons. The first-order chi connectivity index (χ1) is 28.2. The molecule has 3 aromatic heterocycles. The number of H-pyrrole nitrogens is 1. The number of carbonyl (C=O) groups is 1. The molecule has 3 fully saturated rings. The second-order valence-corrected chi connectivity index (χ2v) is 18.7. The summed E-state index contributed by atoms with van der Waals surface area (Å²) in [4.78, 5) is 61.9. The van der Waals surface area contributed by atoms with Crippen molar-refractivity contribution in [1.29, 1.82) is 0 Å². The molecule has 3 aliphatic rings. The zero-order valence-electron chi connectivity index (χ0n) is 29.9. The van der Waals surface area contributed by atoms with Crippen molar-refractivity contribution >= 4 is 54.6 Å². The monoisotopic (exact) mass is 880 g/mol. The summed E-state index contributed by atoms with van der Waals surface area (Å²) in [7, 11) is -5.27. The molecule has 0 spiro atoms. The van der Waals surface area contributed by atoms with Gasteiger partial charge in [0.25, 0.3) is 11.5 Å². The van der Waals surface area contributed by atoms with E-state index < -0.39 is 94.2 Å². The van der Waals surface area contributed by atoms with Gasteiger partial charge in [0.2, 0.25) is 0 Å². The molecule has 2 aromatic carbocycles. The third-order valence-electron chi connectivity index (χ3n) is 9.35. The van der Waals surface area contributed by atoms with Crippen molar-refractivity contribution in [1.82, 2.24) is 29.1 Å². The Balaban J connectivity index is 1.10. The number of alkyl halides is 2. The predicted molar refractivity (Wildman–Crippen MR) is 202 cm³/mol. The van der Waals surface area contributed by atoms with Gasteiger partial charge < -0.3 is 30.5 Å². The Morgan fingerprint density at radius 2 is 1.64 bits per heavy atom. The second-order valence-electron chi connectivity index (χ2n) is 13.2. The van der Waals surface area contributed by atoms with Crippen LogP contribution in [0, 0.1) is 0 Å². The fourth-order valence-electron chi connectivity index (χ4n) is 6.45. The van der Waals surface area contributed by atoms with Gasteiger partial charge in [-0.2, -0.15) is 0 Å². The van der Waals surface area contributed by atoms with Gasteiger partial charge in [0.15, 0.2) is 36.3 Å². The lowest BCUT2D eigenvalue weighted by Gasteiger charge is -2.27. The van der Waals surface area contributed by atoms with Crippen molar-refractivity contribution in [2.24, 2.45) is 0 Å². The molecular weight excluding hydrogens is 848 g/mol. The lowest BCUT2D eigenvalue weighted by Crippen LogP contribution is -2.36. The van der Waals surface area contributed by atoms with Crippen molar-refractivity contribution in [3.05, 3.63) is 105 Å². The molecule has 3 saturated heterocycles. The van der Waals surface area contributed by atoms with Gasteiger partial charge in [0.1, 0.15) is 42.0 Å². The van der Waals surface area contributed by atoms with Crippen molar-refractivity contribution in [2.75, 3.05) is 24.3 Å². The number of ether oxygens (including phenoxy) is 2. The topological polar surface area (TPSA) is 284 Å². The normalized spacial score (nSPS) is 31.2. The molecule has 0 radical (unpaired) electrons.